The molecule has 5 heteroatoms. The maximum Gasteiger partial charge on any atom is 0.324 e. The van der Waals surface area contributed by atoms with Crippen LogP contribution in [-0.4, -0.2) is 43.0 Å². The second-order valence-electron chi connectivity index (χ2n) is 8.21. The number of carbonyl (C=O) groups excluding carboxylic acids is 2. The van der Waals surface area contributed by atoms with Gasteiger partial charge in [0, 0.05) is 37.8 Å². The lowest BCUT2D eigenvalue weighted by Gasteiger charge is -2.37. The number of piperazine rings is 1. The van der Waals surface area contributed by atoms with Crippen LogP contribution >= 0.6 is 0 Å². The number of urea groups is 1. The van der Waals surface area contributed by atoms with Gasteiger partial charge in [-0.3, -0.25) is 10.1 Å². The minimum Gasteiger partial charge on any atom is -0.368 e. The number of nitrogens with one attached hydrogen (secondary N) is 1. The van der Waals surface area contributed by atoms with E-state index in [0.29, 0.717) is 19.0 Å². The zero-order chi connectivity index (χ0) is 20.5. The molecule has 0 spiro atoms. The zero-order valence-electron chi connectivity index (χ0n) is 18.0. The molecule has 1 N–H and O–H groups in total. The molecule has 1 atom stereocenters. The summed E-state index contributed by atoms with van der Waals surface area (Å²) < 4.78 is 0. The molecule has 0 unspecified atom stereocenters. The van der Waals surface area contributed by atoms with Crippen LogP contribution in [0.2, 0.25) is 0 Å². The summed E-state index contributed by atoms with van der Waals surface area (Å²) in [5.41, 5.74) is 2.60. The van der Waals surface area contributed by atoms with Gasteiger partial charge in [-0.1, -0.05) is 58.7 Å². The van der Waals surface area contributed by atoms with Crippen LogP contribution in [0.15, 0.2) is 24.3 Å². The van der Waals surface area contributed by atoms with E-state index in [4.69, 9.17) is 0 Å². The lowest BCUT2D eigenvalue weighted by atomic mass is 9.93. The van der Waals surface area contributed by atoms with E-state index in [2.05, 4.69) is 62.2 Å². The van der Waals surface area contributed by atoms with E-state index < -0.39 is 0 Å². The van der Waals surface area contributed by atoms with Crippen molar-refractivity contribution in [3.63, 3.8) is 0 Å². The lowest BCUT2D eigenvalue weighted by Crippen LogP contribution is -2.53. The normalized spacial score (nSPS) is 15.6. The largest absolute Gasteiger partial charge is 0.368 e. The molecule has 5 nitrogen and oxygen atoms in total. The van der Waals surface area contributed by atoms with Crippen LogP contribution in [0.25, 0.3) is 0 Å². The van der Waals surface area contributed by atoms with Crippen LogP contribution in [0.3, 0.4) is 0 Å². The van der Waals surface area contributed by atoms with Crippen molar-refractivity contribution in [2.24, 2.45) is 11.8 Å². The van der Waals surface area contributed by atoms with Crippen molar-refractivity contribution in [1.82, 2.24) is 10.2 Å². The number of aryl methyl sites for hydroxylation is 1. The Balaban J connectivity index is 1.87. The number of hydrogen-bond donors (Lipinski definition) is 1. The van der Waals surface area contributed by atoms with Crippen LogP contribution in [0.5, 0.6) is 0 Å². The van der Waals surface area contributed by atoms with Gasteiger partial charge < -0.3 is 9.80 Å². The molecule has 1 heterocycles. The number of para-hydroxylation sites is 1. The summed E-state index contributed by atoms with van der Waals surface area (Å²) in [4.78, 5) is 29.3. The van der Waals surface area contributed by atoms with Crippen LogP contribution in [-0.2, 0) is 11.2 Å². The van der Waals surface area contributed by atoms with Crippen molar-refractivity contribution < 1.29 is 9.59 Å². The molecule has 0 aromatic heterocycles. The third kappa shape index (κ3) is 6.25. The van der Waals surface area contributed by atoms with Crippen molar-refractivity contribution in [2.45, 2.75) is 59.8 Å². The molecule has 28 heavy (non-hydrogen) atoms. The molecular formula is C23H37N3O2. The van der Waals surface area contributed by atoms with Gasteiger partial charge in [-0.05, 0) is 36.8 Å². The van der Waals surface area contributed by atoms with Gasteiger partial charge in [0.1, 0.15) is 0 Å². The summed E-state index contributed by atoms with van der Waals surface area (Å²) in [6.07, 6.45) is 4.67. The number of rotatable bonds is 8. The third-order valence-electron chi connectivity index (χ3n) is 5.61. The Morgan fingerprint density at radius 2 is 1.68 bits per heavy atom. The number of carbonyl (C=O) groups is 2. The van der Waals surface area contributed by atoms with Gasteiger partial charge in [0.25, 0.3) is 0 Å². The average Bonchev–Trinajstić information content (AvgIpc) is 2.70. The van der Waals surface area contributed by atoms with Crippen LogP contribution in [0.4, 0.5) is 10.5 Å². The molecular weight excluding hydrogens is 350 g/mol. The Bertz CT molecular complexity index is 636. The molecule has 0 radical (unpaired) electrons. The van der Waals surface area contributed by atoms with Gasteiger partial charge in [-0.2, -0.15) is 0 Å². The van der Waals surface area contributed by atoms with E-state index in [9.17, 15) is 9.59 Å². The van der Waals surface area contributed by atoms with E-state index in [0.717, 1.165) is 45.2 Å². The fourth-order valence-corrected chi connectivity index (χ4v) is 3.84. The highest BCUT2D eigenvalue weighted by molar-refractivity contribution is 5.95. The molecule has 0 saturated carbocycles. The van der Waals surface area contributed by atoms with Gasteiger partial charge in [0.15, 0.2) is 0 Å². The monoisotopic (exact) mass is 387 g/mol. The maximum atomic E-state index is 12.6. The Hall–Kier alpha value is -2.04. The Morgan fingerprint density at radius 3 is 2.29 bits per heavy atom. The number of hydrogen-bond acceptors (Lipinski definition) is 3. The number of anilines is 1. The first-order valence-corrected chi connectivity index (χ1v) is 10.9. The molecule has 1 aliphatic heterocycles. The Kier molecular flexibility index (Phi) is 8.81. The minimum atomic E-state index is -0.237. The van der Waals surface area contributed by atoms with Gasteiger partial charge in [0.05, 0.1) is 0 Å². The second kappa shape index (κ2) is 11.1. The van der Waals surface area contributed by atoms with Crippen molar-refractivity contribution in [3.05, 3.63) is 29.8 Å². The summed E-state index contributed by atoms with van der Waals surface area (Å²) in [6, 6.07) is 8.22. The summed E-state index contributed by atoms with van der Waals surface area (Å²) in [5.74, 6) is 0.405. The topological polar surface area (TPSA) is 52.7 Å². The molecule has 1 aliphatic rings. The number of imide groups is 1. The van der Waals surface area contributed by atoms with Crippen LogP contribution in [0.1, 0.15) is 58.9 Å². The zero-order valence-corrected chi connectivity index (χ0v) is 18.0. The Labute approximate surface area is 170 Å². The first-order chi connectivity index (χ1) is 13.5. The fraction of sp³-hybridized carbons (Fsp3) is 0.652. The van der Waals surface area contributed by atoms with Gasteiger partial charge in [0.2, 0.25) is 5.91 Å². The highest BCUT2D eigenvalue weighted by Gasteiger charge is 2.26. The van der Waals surface area contributed by atoms with Crippen molar-refractivity contribution in [1.29, 1.82) is 0 Å². The highest BCUT2D eigenvalue weighted by atomic mass is 16.2. The molecule has 2 rings (SSSR count). The molecule has 1 aromatic carbocycles. The SMILES string of the molecule is CCC[C@@H](CCC(C)C)C(=O)NC(=O)N1CCN(c2ccccc2CC)CC1. The molecule has 156 valence electrons. The fourth-order valence-electron chi connectivity index (χ4n) is 3.84. The number of benzene rings is 1. The third-order valence-corrected chi connectivity index (χ3v) is 5.61. The number of nitrogens with zero attached hydrogens (tertiary/aromatic N) is 2. The maximum absolute atomic E-state index is 12.6. The summed E-state index contributed by atoms with van der Waals surface area (Å²) in [7, 11) is 0. The summed E-state index contributed by atoms with van der Waals surface area (Å²) in [5, 5.41) is 2.66. The van der Waals surface area contributed by atoms with E-state index in [1.807, 2.05) is 0 Å². The molecule has 1 aromatic rings. The van der Waals surface area contributed by atoms with Crippen molar-refractivity contribution in [2.75, 3.05) is 31.1 Å². The van der Waals surface area contributed by atoms with E-state index in [-0.39, 0.29) is 17.9 Å². The highest BCUT2D eigenvalue weighted by Crippen LogP contribution is 2.22. The summed E-state index contributed by atoms with van der Waals surface area (Å²) in [6.45, 7) is 11.5. The van der Waals surface area contributed by atoms with Crippen molar-refractivity contribution in [3.8, 4) is 0 Å². The lowest BCUT2D eigenvalue weighted by molar-refractivity contribution is -0.124. The standard InChI is InChI=1S/C23H37N3O2/c1-5-9-20(13-12-18(3)4)22(27)24-23(28)26-16-14-25(15-17-26)21-11-8-7-10-19(21)6-2/h7-8,10-11,18,20H,5-6,9,12-17H2,1-4H3,(H,24,27,28)/t20-/m0/s1. The number of amides is 3. The average molecular weight is 388 g/mol. The Morgan fingerprint density at radius 1 is 1.00 bits per heavy atom. The first kappa shape index (κ1) is 22.3. The van der Waals surface area contributed by atoms with Crippen LogP contribution < -0.4 is 10.2 Å². The quantitative estimate of drug-likeness (QED) is 0.716. The van der Waals surface area contributed by atoms with E-state index in [1.165, 1.54) is 11.3 Å². The molecule has 0 bridgehead atoms. The molecule has 1 fully saturated rings. The van der Waals surface area contributed by atoms with E-state index in [1.54, 1.807) is 4.90 Å². The summed E-state index contributed by atoms with van der Waals surface area (Å²) >= 11 is 0. The minimum absolute atomic E-state index is 0.0610. The second-order valence-corrected chi connectivity index (χ2v) is 8.21. The van der Waals surface area contributed by atoms with Crippen molar-refractivity contribution >= 4 is 17.6 Å². The molecule has 3 amide bonds. The molecule has 0 aliphatic carbocycles. The first-order valence-electron chi connectivity index (χ1n) is 10.9. The smallest absolute Gasteiger partial charge is 0.324 e. The molecule has 1 saturated heterocycles. The van der Waals surface area contributed by atoms with Gasteiger partial charge in [-0.15, -0.1) is 0 Å². The predicted octanol–water partition coefficient (Wildman–Crippen LogP) is 4.46. The predicted molar refractivity (Wildman–Crippen MR) is 116 cm³/mol. The van der Waals surface area contributed by atoms with E-state index >= 15 is 0 Å². The van der Waals surface area contributed by atoms with Gasteiger partial charge >= 0.3 is 6.03 Å². The van der Waals surface area contributed by atoms with Gasteiger partial charge in [-0.25, -0.2) is 4.79 Å². The van der Waals surface area contributed by atoms with Crippen LogP contribution in [0, 0.1) is 11.8 Å².